The van der Waals surface area contributed by atoms with E-state index in [1.165, 1.54) is 18.3 Å². The van der Waals surface area contributed by atoms with Gasteiger partial charge in [-0.1, -0.05) is 42.5 Å². The Kier molecular flexibility index (Phi) is 7.89. The van der Waals surface area contributed by atoms with Gasteiger partial charge in [-0.2, -0.15) is 13.9 Å². The van der Waals surface area contributed by atoms with Crippen LogP contribution in [0.2, 0.25) is 0 Å². The number of nitrogens with one attached hydrogen (secondary N) is 1. The molecule has 6 rings (SSSR count). The van der Waals surface area contributed by atoms with Crippen LogP contribution < -0.4 is 15.0 Å². The summed E-state index contributed by atoms with van der Waals surface area (Å²) in [6, 6.07) is 20.7. The van der Waals surface area contributed by atoms with Gasteiger partial charge in [-0.3, -0.25) is 4.79 Å². The van der Waals surface area contributed by atoms with E-state index in [1.807, 2.05) is 30.3 Å². The number of aromatic nitrogens is 3. The largest absolute Gasteiger partial charge is 0.487 e. The molecule has 1 fully saturated rings. The third-order valence-electron chi connectivity index (χ3n) is 7.12. The van der Waals surface area contributed by atoms with E-state index in [0.717, 1.165) is 18.4 Å². The molecule has 220 valence electrons. The second-order valence-electron chi connectivity index (χ2n) is 10.2. The van der Waals surface area contributed by atoms with Crippen LogP contribution in [0.1, 0.15) is 39.9 Å². The number of aromatic carboxylic acids is 1. The summed E-state index contributed by atoms with van der Waals surface area (Å²) in [5, 5.41) is 16.4. The van der Waals surface area contributed by atoms with Crippen molar-refractivity contribution in [3.05, 3.63) is 112 Å². The van der Waals surface area contributed by atoms with E-state index in [0.29, 0.717) is 39.9 Å². The molecule has 1 aliphatic rings. The van der Waals surface area contributed by atoms with Gasteiger partial charge in [0.2, 0.25) is 0 Å². The predicted octanol–water partition coefficient (Wildman–Crippen LogP) is 6.00. The number of hydrogen-bond donors (Lipinski definition) is 2. The van der Waals surface area contributed by atoms with Crippen LogP contribution in [0.3, 0.4) is 0 Å². The smallest absolute Gasteiger partial charge is 0.387 e. The maximum atomic E-state index is 13.3. The van der Waals surface area contributed by atoms with Gasteiger partial charge in [-0.05, 0) is 59.9 Å². The lowest BCUT2D eigenvalue weighted by Gasteiger charge is -2.17. The molecule has 43 heavy (non-hydrogen) atoms. The number of fused-ring (bicyclic) bond motifs is 1. The van der Waals surface area contributed by atoms with Crippen molar-refractivity contribution >= 4 is 16.9 Å². The summed E-state index contributed by atoms with van der Waals surface area (Å²) in [6.07, 6.45) is 3.23. The Hall–Kier alpha value is -5.03. The van der Waals surface area contributed by atoms with Crippen LogP contribution in [-0.4, -0.2) is 38.6 Å². The minimum atomic E-state index is -3.04. The lowest BCUT2D eigenvalue weighted by atomic mass is 9.97. The Morgan fingerprint density at radius 1 is 1.02 bits per heavy atom. The molecule has 0 saturated heterocycles. The monoisotopic (exact) mass is 587 g/mol. The van der Waals surface area contributed by atoms with Crippen molar-refractivity contribution < 1.29 is 32.9 Å². The van der Waals surface area contributed by atoms with Gasteiger partial charge in [0.05, 0.1) is 41.1 Å². The van der Waals surface area contributed by atoms with Gasteiger partial charge >= 0.3 is 12.6 Å². The van der Waals surface area contributed by atoms with Crippen LogP contribution in [0.15, 0.2) is 83.8 Å². The fourth-order valence-corrected chi connectivity index (χ4v) is 5.08. The maximum absolute atomic E-state index is 13.3. The molecular formula is C32H27F2N3O6. The number of rotatable bonds is 12. The molecule has 2 N–H and O–H groups in total. The van der Waals surface area contributed by atoms with Crippen molar-refractivity contribution in [3.8, 4) is 22.8 Å². The average Bonchev–Trinajstić information content (AvgIpc) is 3.76. The first-order valence-electron chi connectivity index (χ1n) is 13.7. The molecular weight excluding hydrogens is 560 g/mol. The highest BCUT2D eigenvalue weighted by atomic mass is 19.3. The summed E-state index contributed by atoms with van der Waals surface area (Å²) in [5.41, 5.74) is 3.52. The molecule has 3 aromatic carbocycles. The zero-order chi connectivity index (χ0) is 29.9. The van der Waals surface area contributed by atoms with Crippen LogP contribution >= 0.6 is 0 Å². The fourth-order valence-electron chi connectivity index (χ4n) is 5.08. The van der Waals surface area contributed by atoms with Crippen LogP contribution in [0.4, 0.5) is 8.78 Å². The predicted molar refractivity (Wildman–Crippen MR) is 154 cm³/mol. The first-order valence-corrected chi connectivity index (χ1v) is 13.7. The van der Waals surface area contributed by atoms with E-state index in [4.69, 9.17) is 14.2 Å². The van der Waals surface area contributed by atoms with E-state index in [1.54, 1.807) is 34.9 Å². The summed E-state index contributed by atoms with van der Waals surface area (Å²) >= 11 is 0. The SMILES string of the molecule is O=C(O)c1cccc(Cc2c(-c3ccc(OC(F)F)c(OC4CC4)c3)n(COCc3ccccc3)c3cn[nH]c(=O)c23)c1. The molecule has 9 nitrogen and oxygen atoms in total. The van der Waals surface area contributed by atoms with Crippen molar-refractivity contribution in [2.24, 2.45) is 0 Å². The number of carbonyl (C=O) groups is 1. The second kappa shape index (κ2) is 12.1. The van der Waals surface area contributed by atoms with Gasteiger partial charge in [-0.15, -0.1) is 0 Å². The first kappa shape index (κ1) is 28.1. The van der Waals surface area contributed by atoms with Crippen molar-refractivity contribution in [2.75, 3.05) is 0 Å². The third-order valence-corrected chi connectivity index (χ3v) is 7.12. The Morgan fingerprint density at radius 2 is 1.81 bits per heavy atom. The standard InChI is InChI=1S/C32H27F2N3O6/c33-32(34)43-26-12-9-21(15-27(26)42-23-10-11-23)29-24(14-20-7-4-8-22(13-20)31(39)40)28-25(16-35-36-30(28)38)37(29)18-41-17-19-5-2-1-3-6-19/h1-9,12-13,15-16,23,32H,10-11,14,17-18H2,(H,36,38)(H,39,40). The number of ether oxygens (including phenoxy) is 3. The number of nitrogens with zero attached hydrogens (tertiary/aromatic N) is 2. The number of alkyl halides is 2. The highest BCUT2D eigenvalue weighted by Gasteiger charge is 2.28. The summed E-state index contributed by atoms with van der Waals surface area (Å²) in [6.45, 7) is -2.70. The summed E-state index contributed by atoms with van der Waals surface area (Å²) in [5.74, 6) is -1.01. The highest BCUT2D eigenvalue weighted by molar-refractivity contribution is 5.92. The van der Waals surface area contributed by atoms with E-state index in [9.17, 15) is 23.5 Å². The van der Waals surface area contributed by atoms with Crippen LogP contribution in [0.25, 0.3) is 22.2 Å². The molecule has 0 aliphatic heterocycles. The Labute approximate surface area is 244 Å². The molecule has 1 saturated carbocycles. The lowest BCUT2D eigenvalue weighted by Crippen LogP contribution is -2.09. The molecule has 5 aromatic rings. The van der Waals surface area contributed by atoms with Gasteiger partial charge in [0.1, 0.15) is 6.73 Å². The summed E-state index contributed by atoms with van der Waals surface area (Å²) < 4.78 is 45.0. The Bertz CT molecular complexity index is 1830. The maximum Gasteiger partial charge on any atom is 0.387 e. The van der Waals surface area contributed by atoms with Crippen LogP contribution in [0.5, 0.6) is 11.5 Å². The molecule has 0 amide bonds. The molecule has 2 aromatic heterocycles. The third kappa shape index (κ3) is 6.26. The second-order valence-corrected chi connectivity index (χ2v) is 10.2. The topological polar surface area (TPSA) is 116 Å². The van der Waals surface area contributed by atoms with Gasteiger partial charge in [0, 0.05) is 12.0 Å². The number of hydrogen-bond acceptors (Lipinski definition) is 6. The van der Waals surface area contributed by atoms with E-state index in [-0.39, 0.29) is 36.3 Å². The number of H-pyrrole nitrogens is 1. The zero-order valence-corrected chi connectivity index (χ0v) is 22.8. The average molecular weight is 588 g/mol. The number of aromatic amines is 1. The summed E-state index contributed by atoms with van der Waals surface area (Å²) in [7, 11) is 0. The van der Waals surface area contributed by atoms with E-state index in [2.05, 4.69) is 10.2 Å². The van der Waals surface area contributed by atoms with Crippen molar-refractivity contribution in [1.29, 1.82) is 0 Å². The summed E-state index contributed by atoms with van der Waals surface area (Å²) in [4.78, 5) is 24.9. The first-order chi connectivity index (χ1) is 20.9. The van der Waals surface area contributed by atoms with Crippen molar-refractivity contribution in [3.63, 3.8) is 0 Å². The van der Waals surface area contributed by atoms with Crippen LogP contribution in [-0.2, 0) is 24.5 Å². The minimum absolute atomic E-state index is 0.0368. The molecule has 1 aliphatic carbocycles. The van der Waals surface area contributed by atoms with E-state index >= 15 is 0 Å². The van der Waals surface area contributed by atoms with Gasteiger partial charge < -0.3 is 23.9 Å². The van der Waals surface area contributed by atoms with Crippen LogP contribution in [0, 0.1) is 0 Å². The molecule has 2 heterocycles. The normalized spacial score (nSPS) is 13.0. The number of carboxylic acids is 1. The highest BCUT2D eigenvalue weighted by Crippen LogP contribution is 2.41. The molecule has 0 bridgehead atoms. The Balaban J connectivity index is 1.51. The van der Waals surface area contributed by atoms with Gasteiger partial charge in [0.25, 0.3) is 5.56 Å². The Morgan fingerprint density at radius 3 is 2.56 bits per heavy atom. The molecule has 0 unspecified atom stereocenters. The number of carboxylic acid groups (broad SMARTS) is 1. The lowest BCUT2D eigenvalue weighted by molar-refractivity contribution is -0.0516. The molecule has 11 heteroatoms. The van der Waals surface area contributed by atoms with Crippen molar-refractivity contribution in [2.45, 2.75) is 45.3 Å². The molecule has 0 spiro atoms. The van der Waals surface area contributed by atoms with E-state index < -0.39 is 18.1 Å². The zero-order valence-electron chi connectivity index (χ0n) is 22.8. The fraction of sp³-hybridized carbons (Fsp3) is 0.219. The van der Waals surface area contributed by atoms with Gasteiger partial charge in [-0.25, -0.2) is 9.89 Å². The molecule has 0 radical (unpaired) electrons. The van der Waals surface area contributed by atoms with Crippen molar-refractivity contribution in [1.82, 2.24) is 14.8 Å². The minimum Gasteiger partial charge on any atom is -0.487 e. The number of halogens is 2. The quantitative estimate of drug-likeness (QED) is 0.184. The van der Waals surface area contributed by atoms with Gasteiger partial charge in [0.15, 0.2) is 11.5 Å². The number of benzene rings is 3. The molecule has 0 atom stereocenters.